The van der Waals surface area contributed by atoms with Gasteiger partial charge in [-0.05, 0) is 12.1 Å². The Balaban J connectivity index is 2.94. The average molecular weight is 194 g/mol. The zero-order chi connectivity index (χ0) is 10.1. The number of rotatable bonds is 1. The highest BCUT2D eigenvalue weighted by Crippen LogP contribution is 2.33. The van der Waals surface area contributed by atoms with Gasteiger partial charge in [-0.2, -0.15) is 0 Å². The Morgan fingerprint density at radius 2 is 1.77 bits per heavy atom. The van der Waals surface area contributed by atoms with E-state index in [9.17, 15) is 13.2 Å². The van der Waals surface area contributed by atoms with Crippen molar-refractivity contribution < 1.29 is 28.1 Å². The highest BCUT2D eigenvalue weighted by atomic mass is 19.4. The Hall–Kier alpha value is -1.59. The summed E-state index contributed by atoms with van der Waals surface area (Å²) in [4.78, 5) is 0. The molecule has 0 unspecified atom stereocenters. The fourth-order valence-electron chi connectivity index (χ4n) is 0.709. The van der Waals surface area contributed by atoms with E-state index >= 15 is 0 Å². The van der Waals surface area contributed by atoms with Gasteiger partial charge in [-0.15, -0.1) is 13.2 Å². The number of aromatic hydroxyl groups is 2. The van der Waals surface area contributed by atoms with Gasteiger partial charge in [-0.25, -0.2) is 0 Å². The summed E-state index contributed by atoms with van der Waals surface area (Å²) < 4.78 is 38.3. The van der Waals surface area contributed by atoms with Crippen LogP contribution in [0.25, 0.3) is 0 Å². The highest BCUT2D eigenvalue weighted by Gasteiger charge is 2.32. The van der Waals surface area contributed by atoms with Gasteiger partial charge in [0.1, 0.15) is 5.75 Å². The molecule has 0 bridgehead atoms. The topological polar surface area (TPSA) is 49.7 Å². The summed E-state index contributed by atoms with van der Waals surface area (Å²) >= 11 is 0. The predicted octanol–water partition coefficient (Wildman–Crippen LogP) is 2.00. The first-order valence-electron chi connectivity index (χ1n) is 3.16. The molecule has 0 heterocycles. The molecular weight excluding hydrogens is 189 g/mol. The Kier molecular flexibility index (Phi) is 2.22. The smallest absolute Gasteiger partial charge is 0.508 e. The van der Waals surface area contributed by atoms with E-state index in [1.165, 1.54) is 0 Å². The van der Waals surface area contributed by atoms with Crippen molar-refractivity contribution in [1.29, 1.82) is 0 Å². The Bertz CT molecular complexity index is 308. The molecule has 0 spiro atoms. The quantitative estimate of drug-likeness (QED) is 0.672. The number of hydrogen-bond donors (Lipinski definition) is 2. The number of halogens is 3. The normalized spacial score (nSPS) is 11.3. The van der Waals surface area contributed by atoms with Crippen LogP contribution in [0, 0.1) is 0 Å². The molecule has 0 fully saturated rings. The molecule has 1 aromatic rings. The third-order valence-corrected chi connectivity index (χ3v) is 1.17. The predicted molar refractivity (Wildman–Crippen MR) is 36.5 cm³/mol. The molecule has 0 aliphatic heterocycles. The molecule has 0 saturated heterocycles. The maximum absolute atomic E-state index is 11.6. The van der Waals surface area contributed by atoms with Crippen LogP contribution in [-0.4, -0.2) is 16.6 Å². The first kappa shape index (κ1) is 9.50. The van der Waals surface area contributed by atoms with Crippen LogP contribution in [0.3, 0.4) is 0 Å². The van der Waals surface area contributed by atoms with Crippen LogP contribution in [0.2, 0.25) is 0 Å². The summed E-state index contributed by atoms with van der Waals surface area (Å²) in [5, 5.41) is 17.6. The molecule has 1 aromatic carbocycles. The van der Waals surface area contributed by atoms with E-state index in [4.69, 9.17) is 10.2 Å². The minimum absolute atomic E-state index is 0.419. The van der Waals surface area contributed by atoms with Crippen molar-refractivity contribution in [3.63, 3.8) is 0 Å². The van der Waals surface area contributed by atoms with E-state index in [1.54, 1.807) is 0 Å². The molecule has 2 N–H and O–H groups in total. The fraction of sp³-hybridized carbons (Fsp3) is 0.143. The molecule has 3 nitrogen and oxygen atoms in total. The SMILES string of the molecule is Oc1ccc(O)c(OC(F)(F)F)c1. The Labute approximate surface area is 71.0 Å². The maximum atomic E-state index is 11.6. The lowest BCUT2D eigenvalue weighted by Crippen LogP contribution is -2.17. The summed E-state index contributed by atoms with van der Waals surface area (Å²) in [6.07, 6.45) is -4.88. The zero-order valence-electron chi connectivity index (χ0n) is 6.17. The van der Waals surface area contributed by atoms with Crippen LogP contribution in [0.5, 0.6) is 17.2 Å². The van der Waals surface area contributed by atoms with Gasteiger partial charge >= 0.3 is 6.36 Å². The molecule has 0 radical (unpaired) electrons. The second kappa shape index (κ2) is 3.04. The number of hydrogen-bond acceptors (Lipinski definition) is 3. The molecule has 0 aromatic heterocycles. The van der Waals surface area contributed by atoms with Crippen molar-refractivity contribution >= 4 is 0 Å². The Morgan fingerprint density at radius 3 is 2.31 bits per heavy atom. The molecule has 0 aliphatic carbocycles. The van der Waals surface area contributed by atoms with Crippen LogP contribution in [0.15, 0.2) is 18.2 Å². The van der Waals surface area contributed by atoms with Gasteiger partial charge < -0.3 is 14.9 Å². The van der Waals surface area contributed by atoms with E-state index in [2.05, 4.69) is 4.74 Å². The average Bonchev–Trinajstić information content (AvgIpc) is 1.94. The molecule has 0 amide bonds. The first-order chi connectivity index (χ1) is 5.88. The van der Waals surface area contributed by atoms with Gasteiger partial charge in [0.15, 0.2) is 11.5 Å². The second-order valence-corrected chi connectivity index (χ2v) is 2.20. The van der Waals surface area contributed by atoms with E-state index in [1.807, 2.05) is 0 Å². The van der Waals surface area contributed by atoms with E-state index in [0.717, 1.165) is 12.1 Å². The van der Waals surface area contributed by atoms with Crippen molar-refractivity contribution in [3.05, 3.63) is 18.2 Å². The standard InChI is InChI=1S/C7H5F3O3/c8-7(9,10)13-6-3-4(11)1-2-5(6)12/h1-3,11-12H. The third kappa shape index (κ3) is 2.73. The van der Waals surface area contributed by atoms with Crippen molar-refractivity contribution in [3.8, 4) is 17.2 Å². The molecule has 1 rings (SSSR count). The third-order valence-electron chi connectivity index (χ3n) is 1.17. The number of ether oxygens (including phenoxy) is 1. The molecule has 13 heavy (non-hydrogen) atoms. The van der Waals surface area contributed by atoms with Crippen LogP contribution in [-0.2, 0) is 0 Å². The zero-order valence-corrected chi connectivity index (χ0v) is 6.17. The van der Waals surface area contributed by atoms with E-state index in [0.29, 0.717) is 6.07 Å². The monoisotopic (exact) mass is 194 g/mol. The molecule has 72 valence electrons. The summed E-state index contributed by atoms with van der Waals surface area (Å²) in [7, 11) is 0. The van der Waals surface area contributed by atoms with Crippen LogP contribution in [0.4, 0.5) is 13.2 Å². The van der Waals surface area contributed by atoms with Crippen molar-refractivity contribution in [2.75, 3.05) is 0 Å². The largest absolute Gasteiger partial charge is 0.573 e. The van der Waals surface area contributed by atoms with E-state index in [-0.39, 0.29) is 0 Å². The lowest BCUT2D eigenvalue weighted by atomic mass is 10.3. The number of phenols is 2. The molecule has 0 aliphatic rings. The lowest BCUT2D eigenvalue weighted by Gasteiger charge is -2.09. The summed E-state index contributed by atoms with van der Waals surface area (Å²) in [6.45, 7) is 0. The molecule has 6 heteroatoms. The van der Waals surface area contributed by atoms with Gasteiger partial charge in [0.25, 0.3) is 0 Å². The first-order valence-corrected chi connectivity index (χ1v) is 3.16. The fourth-order valence-corrected chi connectivity index (χ4v) is 0.709. The number of alkyl halides is 3. The summed E-state index contributed by atoms with van der Waals surface area (Å²) in [6, 6.07) is 2.61. The van der Waals surface area contributed by atoms with Gasteiger partial charge in [0.05, 0.1) is 0 Å². The molecule has 0 saturated carbocycles. The van der Waals surface area contributed by atoms with Gasteiger partial charge in [-0.1, -0.05) is 0 Å². The molecule has 0 atom stereocenters. The summed E-state index contributed by atoms with van der Waals surface area (Å²) in [5.74, 6) is -1.93. The summed E-state index contributed by atoms with van der Waals surface area (Å²) in [5.41, 5.74) is 0. The van der Waals surface area contributed by atoms with Crippen molar-refractivity contribution in [2.24, 2.45) is 0 Å². The van der Waals surface area contributed by atoms with Crippen LogP contribution < -0.4 is 4.74 Å². The molecular formula is C7H5F3O3. The minimum Gasteiger partial charge on any atom is -0.508 e. The minimum atomic E-state index is -4.88. The lowest BCUT2D eigenvalue weighted by molar-refractivity contribution is -0.275. The van der Waals surface area contributed by atoms with Gasteiger partial charge in [-0.3, -0.25) is 0 Å². The number of benzene rings is 1. The number of phenolic OH excluding ortho intramolecular Hbond substituents is 2. The van der Waals surface area contributed by atoms with Crippen molar-refractivity contribution in [2.45, 2.75) is 6.36 Å². The van der Waals surface area contributed by atoms with Gasteiger partial charge in [0, 0.05) is 6.07 Å². The van der Waals surface area contributed by atoms with Crippen molar-refractivity contribution in [1.82, 2.24) is 0 Å². The van der Waals surface area contributed by atoms with Crippen LogP contribution >= 0.6 is 0 Å². The van der Waals surface area contributed by atoms with E-state index < -0.39 is 23.6 Å². The Morgan fingerprint density at radius 1 is 1.15 bits per heavy atom. The second-order valence-electron chi connectivity index (χ2n) is 2.20. The van der Waals surface area contributed by atoms with Gasteiger partial charge in [0.2, 0.25) is 0 Å². The highest BCUT2D eigenvalue weighted by molar-refractivity contribution is 5.43. The maximum Gasteiger partial charge on any atom is 0.573 e. The van der Waals surface area contributed by atoms with Crippen LogP contribution in [0.1, 0.15) is 0 Å².